The molecule has 0 aliphatic carbocycles. The van der Waals surface area contributed by atoms with Crippen molar-refractivity contribution in [3.63, 3.8) is 0 Å². The zero-order valence-corrected chi connectivity index (χ0v) is 19.0. The van der Waals surface area contributed by atoms with Gasteiger partial charge in [0.15, 0.2) is 35.2 Å². The fraction of sp³-hybridized carbons (Fsp3) is 0.579. The second-order valence-corrected chi connectivity index (χ2v) is 7.24. The maximum absolute atomic E-state index is 13.3. The molecule has 0 radical (unpaired) electrons. The van der Waals surface area contributed by atoms with Crippen molar-refractivity contribution < 1.29 is 42.9 Å². The number of nitrogens with zero attached hydrogens (tertiary/aromatic N) is 5. The largest absolute Gasteiger partial charge is 0.463 e. The quantitative estimate of drug-likeness (QED) is 0.348. The average molecular weight is 481 g/mol. The van der Waals surface area contributed by atoms with E-state index in [2.05, 4.69) is 15.4 Å². The van der Waals surface area contributed by atoms with Crippen LogP contribution in [0.2, 0.25) is 0 Å². The molecule has 4 unspecified atom stereocenters. The van der Waals surface area contributed by atoms with Gasteiger partial charge in [-0.05, 0) is 6.92 Å². The van der Waals surface area contributed by atoms with Crippen LogP contribution in [-0.4, -0.2) is 80.2 Å². The number of aromatic nitrogens is 5. The van der Waals surface area contributed by atoms with Crippen LogP contribution >= 0.6 is 0 Å². The summed E-state index contributed by atoms with van der Waals surface area (Å²) in [6, 6.07) is 0. The van der Waals surface area contributed by atoms with Crippen molar-refractivity contribution >= 4 is 34.9 Å². The third-order valence-corrected chi connectivity index (χ3v) is 4.72. The molecule has 0 aromatic carbocycles. The molecule has 0 saturated carbocycles. The number of carbonyl (C=O) groups excluding carboxylic acids is 4. The van der Waals surface area contributed by atoms with Gasteiger partial charge < -0.3 is 23.7 Å². The van der Waals surface area contributed by atoms with Crippen LogP contribution in [0.5, 0.6) is 0 Å². The van der Waals surface area contributed by atoms with E-state index in [1.54, 1.807) is 6.92 Å². The molecule has 1 saturated heterocycles. The predicted octanol–water partition coefficient (Wildman–Crippen LogP) is -0.974. The fourth-order valence-corrected chi connectivity index (χ4v) is 3.48. The minimum atomic E-state index is -1.40. The molecule has 4 atom stereocenters. The molecule has 0 amide bonds. The average Bonchev–Trinajstić information content (AvgIpc) is 3.25. The molecule has 15 heteroatoms. The summed E-state index contributed by atoms with van der Waals surface area (Å²) in [5.41, 5.74) is -1.19. The Morgan fingerprint density at radius 1 is 1.00 bits per heavy atom. The molecule has 184 valence electrons. The number of fused-ring (bicyclic) bond motifs is 1. The zero-order chi connectivity index (χ0) is 25.2. The minimum Gasteiger partial charge on any atom is -0.463 e. The van der Waals surface area contributed by atoms with Gasteiger partial charge in [-0.15, -0.1) is 5.10 Å². The standard InChI is InChI=1S/C19H23N5O10/c1-6-30-19(29)13-12-14(23(5)21-13)17(28)24(22-20-12)18-16(33-10(4)27)15(32-9(3)26)11(34-18)7-31-8(2)25/h11,15-16,18H,6-7H2,1-5H3. The number of hydrogen-bond acceptors (Lipinski definition) is 13. The molecule has 3 heterocycles. The van der Waals surface area contributed by atoms with Gasteiger partial charge >= 0.3 is 23.9 Å². The Morgan fingerprint density at radius 3 is 2.24 bits per heavy atom. The first-order valence-corrected chi connectivity index (χ1v) is 10.2. The lowest BCUT2D eigenvalue weighted by Crippen LogP contribution is -2.42. The van der Waals surface area contributed by atoms with Crippen LogP contribution in [0.25, 0.3) is 11.0 Å². The smallest absolute Gasteiger partial charge is 0.361 e. The summed E-state index contributed by atoms with van der Waals surface area (Å²) >= 11 is 0. The molecule has 1 aliphatic heterocycles. The lowest BCUT2D eigenvalue weighted by atomic mass is 10.1. The van der Waals surface area contributed by atoms with E-state index in [1.165, 1.54) is 14.0 Å². The fourth-order valence-electron chi connectivity index (χ4n) is 3.48. The van der Waals surface area contributed by atoms with Crippen LogP contribution < -0.4 is 5.56 Å². The predicted molar refractivity (Wildman–Crippen MR) is 108 cm³/mol. The van der Waals surface area contributed by atoms with Crippen molar-refractivity contribution in [1.29, 1.82) is 0 Å². The Morgan fingerprint density at radius 2 is 1.65 bits per heavy atom. The van der Waals surface area contributed by atoms with E-state index < -0.39 is 54.0 Å². The summed E-state index contributed by atoms with van der Waals surface area (Å²) in [7, 11) is 1.42. The van der Waals surface area contributed by atoms with Gasteiger partial charge in [0, 0.05) is 27.8 Å². The number of esters is 4. The minimum absolute atomic E-state index is 0.0859. The van der Waals surface area contributed by atoms with Crippen molar-refractivity contribution in [1.82, 2.24) is 24.8 Å². The number of rotatable bonds is 7. The molecular formula is C19H23N5O10. The Bertz CT molecular complexity index is 1190. The maximum atomic E-state index is 13.3. The Labute approximate surface area is 191 Å². The summed E-state index contributed by atoms with van der Waals surface area (Å²) in [4.78, 5) is 60.2. The topological polar surface area (TPSA) is 180 Å². The molecule has 0 spiro atoms. The van der Waals surface area contributed by atoms with E-state index in [1.807, 2.05) is 0 Å². The first-order chi connectivity index (χ1) is 16.0. The van der Waals surface area contributed by atoms with Crippen LogP contribution in [0.15, 0.2) is 4.79 Å². The highest BCUT2D eigenvalue weighted by Gasteiger charge is 2.51. The van der Waals surface area contributed by atoms with Gasteiger partial charge in [-0.3, -0.25) is 23.9 Å². The van der Waals surface area contributed by atoms with E-state index >= 15 is 0 Å². The second kappa shape index (κ2) is 9.94. The van der Waals surface area contributed by atoms with E-state index in [0.717, 1.165) is 23.2 Å². The lowest BCUT2D eigenvalue weighted by Gasteiger charge is -2.23. The molecule has 1 fully saturated rings. The summed E-state index contributed by atoms with van der Waals surface area (Å²) in [6.45, 7) is 4.76. The number of ether oxygens (including phenoxy) is 5. The first kappa shape index (κ1) is 24.8. The lowest BCUT2D eigenvalue weighted by molar-refractivity contribution is -0.166. The first-order valence-electron chi connectivity index (χ1n) is 10.2. The van der Waals surface area contributed by atoms with Gasteiger partial charge in [0.1, 0.15) is 12.7 Å². The van der Waals surface area contributed by atoms with Crippen molar-refractivity contribution in [2.24, 2.45) is 7.05 Å². The van der Waals surface area contributed by atoms with E-state index in [4.69, 9.17) is 23.7 Å². The Hall–Kier alpha value is -3.88. The Balaban J connectivity index is 2.09. The van der Waals surface area contributed by atoms with Crippen LogP contribution in [-0.2, 0) is 45.1 Å². The normalized spacial score (nSPS) is 21.8. The molecule has 2 aromatic rings. The molecule has 2 aromatic heterocycles. The van der Waals surface area contributed by atoms with Crippen LogP contribution in [0.4, 0.5) is 0 Å². The van der Waals surface area contributed by atoms with Crippen molar-refractivity contribution in [2.75, 3.05) is 13.2 Å². The van der Waals surface area contributed by atoms with Gasteiger partial charge in [0.25, 0.3) is 5.56 Å². The molecular weight excluding hydrogens is 458 g/mol. The second-order valence-electron chi connectivity index (χ2n) is 7.24. The van der Waals surface area contributed by atoms with E-state index in [0.29, 0.717) is 0 Å². The Kier molecular flexibility index (Phi) is 7.24. The number of hydrogen-bond donors (Lipinski definition) is 0. The van der Waals surface area contributed by atoms with Gasteiger partial charge in [-0.1, -0.05) is 5.21 Å². The highest BCUT2D eigenvalue weighted by molar-refractivity contribution is 5.99. The van der Waals surface area contributed by atoms with Crippen LogP contribution in [0, 0.1) is 0 Å². The van der Waals surface area contributed by atoms with Gasteiger partial charge in [-0.2, -0.15) is 9.78 Å². The number of carbonyl (C=O) groups is 4. The summed E-state index contributed by atoms with van der Waals surface area (Å²) in [5.74, 6) is -2.89. The highest BCUT2D eigenvalue weighted by Crippen LogP contribution is 2.33. The molecule has 3 rings (SSSR count). The van der Waals surface area contributed by atoms with Gasteiger partial charge in [0.2, 0.25) is 0 Å². The third-order valence-electron chi connectivity index (χ3n) is 4.72. The monoisotopic (exact) mass is 481 g/mol. The van der Waals surface area contributed by atoms with Crippen molar-refractivity contribution in [3.8, 4) is 0 Å². The molecule has 0 N–H and O–H groups in total. The van der Waals surface area contributed by atoms with Crippen LogP contribution in [0.3, 0.4) is 0 Å². The van der Waals surface area contributed by atoms with Crippen molar-refractivity contribution in [2.45, 2.75) is 52.2 Å². The molecule has 34 heavy (non-hydrogen) atoms. The van der Waals surface area contributed by atoms with Gasteiger partial charge in [-0.25, -0.2) is 4.79 Å². The highest BCUT2D eigenvalue weighted by atomic mass is 16.7. The van der Waals surface area contributed by atoms with E-state index in [-0.39, 0.29) is 29.9 Å². The van der Waals surface area contributed by atoms with Crippen LogP contribution in [0.1, 0.15) is 44.4 Å². The van der Waals surface area contributed by atoms with Crippen molar-refractivity contribution in [3.05, 3.63) is 16.0 Å². The molecule has 15 nitrogen and oxygen atoms in total. The summed E-state index contributed by atoms with van der Waals surface area (Å²) in [6.07, 6.45) is -5.05. The maximum Gasteiger partial charge on any atom is 0.361 e. The van der Waals surface area contributed by atoms with Gasteiger partial charge in [0.05, 0.1) is 6.61 Å². The number of aryl methyl sites for hydroxylation is 1. The third kappa shape index (κ3) is 4.88. The SMILES string of the molecule is CCOC(=O)c1nn(C)c2c(=O)n(C3OC(COC(C)=O)C(OC(C)=O)C3OC(C)=O)nnc12. The molecule has 1 aliphatic rings. The summed E-state index contributed by atoms with van der Waals surface area (Å²) < 4.78 is 28.1. The van der Waals surface area contributed by atoms with E-state index in [9.17, 15) is 24.0 Å². The summed E-state index contributed by atoms with van der Waals surface area (Å²) in [5, 5.41) is 11.8. The zero-order valence-electron chi connectivity index (χ0n) is 19.0. The molecule has 0 bridgehead atoms.